The summed E-state index contributed by atoms with van der Waals surface area (Å²) < 4.78 is 0. The quantitative estimate of drug-likeness (QED) is 0.527. The maximum atomic E-state index is 8.94. The zero-order valence-electron chi connectivity index (χ0n) is 7.45. The molecule has 1 atom stereocenters. The lowest BCUT2D eigenvalue weighted by Crippen LogP contribution is -2.25. The second-order valence-electron chi connectivity index (χ2n) is 3.48. The van der Waals surface area contributed by atoms with Crippen molar-refractivity contribution in [3.8, 4) is 18.2 Å². The molecule has 13 heavy (non-hydrogen) atoms. The highest BCUT2D eigenvalue weighted by molar-refractivity contribution is 5.21. The van der Waals surface area contributed by atoms with Gasteiger partial charge < -0.3 is 0 Å². The summed E-state index contributed by atoms with van der Waals surface area (Å²) in [5.74, 6) is -0.398. The van der Waals surface area contributed by atoms with Gasteiger partial charge in [0.2, 0.25) is 0 Å². The number of hydrogen-bond acceptors (Lipinski definition) is 3. The SMILES string of the molecule is N#CC1CCCCCC1(C#N)C#N. The second kappa shape index (κ2) is 3.92. The first-order valence-corrected chi connectivity index (χ1v) is 4.51. The molecule has 0 aliphatic heterocycles. The molecule has 0 heterocycles. The third-order valence-corrected chi connectivity index (χ3v) is 2.71. The Hall–Kier alpha value is -1.53. The third kappa shape index (κ3) is 1.63. The van der Waals surface area contributed by atoms with Gasteiger partial charge in [-0.1, -0.05) is 19.3 Å². The Labute approximate surface area is 78.2 Å². The van der Waals surface area contributed by atoms with E-state index in [0.717, 1.165) is 19.3 Å². The van der Waals surface area contributed by atoms with E-state index in [2.05, 4.69) is 6.07 Å². The maximum Gasteiger partial charge on any atom is 0.159 e. The van der Waals surface area contributed by atoms with Gasteiger partial charge in [0.25, 0.3) is 0 Å². The van der Waals surface area contributed by atoms with Crippen LogP contribution in [-0.4, -0.2) is 0 Å². The van der Waals surface area contributed by atoms with Crippen molar-refractivity contribution >= 4 is 0 Å². The van der Waals surface area contributed by atoms with Gasteiger partial charge in [-0.2, -0.15) is 15.8 Å². The predicted molar refractivity (Wildman–Crippen MR) is 45.8 cm³/mol. The highest BCUT2D eigenvalue weighted by Gasteiger charge is 2.40. The second-order valence-corrected chi connectivity index (χ2v) is 3.48. The zero-order valence-corrected chi connectivity index (χ0v) is 7.45. The van der Waals surface area contributed by atoms with Gasteiger partial charge >= 0.3 is 0 Å². The van der Waals surface area contributed by atoms with Gasteiger partial charge in [-0.05, 0) is 12.8 Å². The Morgan fingerprint density at radius 1 is 1.00 bits per heavy atom. The molecule has 1 aliphatic rings. The van der Waals surface area contributed by atoms with Crippen molar-refractivity contribution in [2.24, 2.45) is 11.3 Å². The molecule has 1 unspecified atom stereocenters. The molecule has 1 rings (SSSR count). The molecule has 0 aromatic heterocycles. The zero-order chi connectivity index (χ0) is 9.73. The minimum Gasteiger partial charge on any atom is -0.198 e. The van der Waals surface area contributed by atoms with Crippen LogP contribution in [0.5, 0.6) is 0 Å². The number of nitriles is 3. The minimum absolute atomic E-state index is 0.398. The van der Waals surface area contributed by atoms with Crippen LogP contribution in [0.4, 0.5) is 0 Å². The lowest BCUT2D eigenvalue weighted by Gasteiger charge is -2.20. The van der Waals surface area contributed by atoms with Gasteiger partial charge in [-0.25, -0.2) is 0 Å². The van der Waals surface area contributed by atoms with E-state index in [1.54, 1.807) is 0 Å². The van der Waals surface area contributed by atoms with E-state index in [4.69, 9.17) is 15.8 Å². The molecular formula is C10H11N3. The molecule has 0 N–H and O–H groups in total. The summed E-state index contributed by atoms with van der Waals surface area (Å²) >= 11 is 0. The van der Waals surface area contributed by atoms with Gasteiger partial charge in [-0.15, -0.1) is 0 Å². The molecule has 0 bridgehead atoms. The van der Waals surface area contributed by atoms with Gasteiger partial charge in [-0.3, -0.25) is 0 Å². The first kappa shape index (κ1) is 9.56. The minimum atomic E-state index is -1.04. The van der Waals surface area contributed by atoms with Crippen molar-refractivity contribution in [2.75, 3.05) is 0 Å². The Kier molecular flexibility index (Phi) is 2.88. The van der Waals surface area contributed by atoms with Crippen molar-refractivity contribution in [1.29, 1.82) is 15.8 Å². The van der Waals surface area contributed by atoms with Crippen molar-refractivity contribution < 1.29 is 0 Å². The van der Waals surface area contributed by atoms with Crippen LogP contribution in [0.25, 0.3) is 0 Å². The lowest BCUT2D eigenvalue weighted by molar-refractivity contribution is 0.366. The molecule has 0 radical (unpaired) electrons. The summed E-state index contributed by atoms with van der Waals surface area (Å²) in [6, 6.07) is 6.14. The monoisotopic (exact) mass is 173 g/mol. The van der Waals surface area contributed by atoms with Gasteiger partial charge in [0, 0.05) is 0 Å². The number of nitrogens with zero attached hydrogens (tertiary/aromatic N) is 3. The van der Waals surface area contributed by atoms with Gasteiger partial charge in [0.05, 0.1) is 24.1 Å². The van der Waals surface area contributed by atoms with Crippen molar-refractivity contribution in [3.63, 3.8) is 0 Å². The molecule has 0 amide bonds. The Bertz CT molecular complexity index is 286. The molecular weight excluding hydrogens is 162 g/mol. The standard InChI is InChI=1S/C10H11N3/c11-6-9-4-2-1-3-5-10(9,7-12)8-13/h9H,1-5H2. The molecule has 0 aromatic carbocycles. The normalized spacial score (nSPS) is 26.1. The smallest absolute Gasteiger partial charge is 0.159 e. The Balaban J connectivity index is 2.97. The van der Waals surface area contributed by atoms with Gasteiger partial charge in [0.15, 0.2) is 5.41 Å². The first-order valence-electron chi connectivity index (χ1n) is 4.51. The summed E-state index contributed by atoms with van der Waals surface area (Å²) in [5, 5.41) is 26.8. The largest absolute Gasteiger partial charge is 0.198 e. The van der Waals surface area contributed by atoms with E-state index in [1.165, 1.54) is 0 Å². The summed E-state index contributed by atoms with van der Waals surface area (Å²) in [6.45, 7) is 0. The first-order chi connectivity index (χ1) is 6.29. The fourth-order valence-electron chi connectivity index (χ4n) is 1.82. The van der Waals surface area contributed by atoms with Crippen LogP contribution in [0, 0.1) is 45.3 Å². The molecule has 1 saturated carbocycles. The molecule has 66 valence electrons. The summed E-state index contributed by atoms with van der Waals surface area (Å²) in [7, 11) is 0. The van der Waals surface area contributed by atoms with Crippen LogP contribution in [0.2, 0.25) is 0 Å². The van der Waals surface area contributed by atoms with Gasteiger partial charge in [0.1, 0.15) is 0 Å². The van der Waals surface area contributed by atoms with Crippen LogP contribution in [0.1, 0.15) is 32.1 Å². The van der Waals surface area contributed by atoms with Crippen LogP contribution < -0.4 is 0 Å². The van der Waals surface area contributed by atoms with Crippen molar-refractivity contribution in [1.82, 2.24) is 0 Å². The highest BCUT2D eigenvalue weighted by atomic mass is 14.5. The van der Waals surface area contributed by atoms with E-state index >= 15 is 0 Å². The fourth-order valence-corrected chi connectivity index (χ4v) is 1.82. The highest BCUT2D eigenvalue weighted by Crippen LogP contribution is 2.38. The maximum absolute atomic E-state index is 8.94. The van der Waals surface area contributed by atoms with E-state index in [-0.39, 0.29) is 0 Å². The Morgan fingerprint density at radius 2 is 1.69 bits per heavy atom. The topological polar surface area (TPSA) is 71.4 Å². The molecule has 3 heteroatoms. The molecule has 1 aliphatic carbocycles. The molecule has 0 saturated heterocycles. The number of rotatable bonds is 0. The number of hydrogen-bond donors (Lipinski definition) is 0. The van der Waals surface area contributed by atoms with E-state index < -0.39 is 11.3 Å². The fraction of sp³-hybridized carbons (Fsp3) is 0.700. The molecule has 0 spiro atoms. The lowest BCUT2D eigenvalue weighted by atomic mass is 9.75. The average Bonchev–Trinajstić information content (AvgIpc) is 2.39. The van der Waals surface area contributed by atoms with Crippen LogP contribution >= 0.6 is 0 Å². The predicted octanol–water partition coefficient (Wildman–Crippen LogP) is 2.12. The molecule has 0 aromatic rings. The van der Waals surface area contributed by atoms with Crippen LogP contribution in [0.3, 0.4) is 0 Å². The summed E-state index contributed by atoms with van der Waals surface area (Å²) in [4.78, 5) is 0. The molecule has 1 fully saturated rings. The van der Waals surface area contributed by atoms with Crippen LogP contribution in [-0.2, 0) is 0 Å². The Morgan fingerprint density at radius 3 is 2.23 bits per heavy atom. The van der Waals surface area contributed by atoms with E-state index in [0.29, 0.717) is 12.8 Å². The van der Waals surface area contributed by atoms with E-state index in [9.17, 15) is 0 Å². The average molecular weight is 173 g/mol. The van der Waals surface area contributed by atoms with Crippen molar-refractivity contribution in [3.05, 3.63) is 0 Å². The summed E-state index contributed by atoms with van der Waals surface area (Å²) in [5.41, 5.74) is -1.04. The third-order valence-electron chi connectivity index (χ3n) is 2.71. The van der Waals surface area contributed by atoms with E-state index in [1.807, 2.05) is 12.1 Å². The van der Waals surface area contributed by atoms with Crippen LogP contribution in [0.15, 0.2) is 0 Å². The summed E-state index contributed by atoms with van der Waals surface area (Å²) in [6.07, 6.45) is 4.13. The molecule has 3 nitrogen and oxygen atoms in total. The van der Waals surface area contributed by atoms with Crippen molar-refractivity contribution in [2.45, 2.75) is 32.1 Å².